The number of fused-ring (bicyclic) bond motifs is 1. The molecule has 0 aliphatic carbocycles. The zero-order chi connectivity index (χ0) is 13.1. The SMILES string of the molecule is O=CC1CCCCN1CC1OCCc2ccccc21. The third-order valence-electron chi connectivity index (χ3n) is 4.31. The van der Waals surface area contributed by atoms with E-state index in [0.717, 1.165) is 38.8 Å². The highest BCUT2D eigenvalue weighted by Crippen LogP contribution is 2.29. The fourth-order valence-electron chi connectivity index (χ4n) is 3.24. The van der Waals surface area contributed by atoms with E-state index in [4.69, 9.17) is 4.74 Å². The molecule has 0 amide bonds. The summed E-state index contributed by atoms with van der Waals surface area (Å²) in [4.78, 5) is 13.5. The minimum absolute atomic E-state index is 0.0893. The summed E-state index contributed by atoms with van der Waals surface area (Å²) >= 11 is 0. The van der Waals surface area contributed by atoms with E-state index >= 15 is 0 Å². The van der Waals surface area contributed by atoms with Crippen molar-refractivity contribution < 1.29 is 9.53 Å². The number of benzene rings is 1. The molecule has 2 heterocycles. The summed E-state index contributed by atoms with van der Waals surface area (Å²) in [6.45, 7) is 2.66. The number of nitrogens with zero attached hydrogens (tertiary/aromatic N) is 1. The first-order valence-corrected chi connectivity index (χ1v) is 7.27. The van der Waals surface area contributed by atoms with Gasteiger partial charge in [-0.15, -0.1) is 0 Å². The average molecular weight is 259 g/mol. The lowest BCUT2D eigenvalue weighted by molar-refractivity contribution is -0.114. The lowest BCUT2D eigenvalue weighted by atomic mass is 9.95. The number of hydrogen-bond acceptors (Lipinski definition) is 3. The highest BCUT2D eigenvalue weighted by atomic mass is 16.5. The smallest absolute Gasteiger partial charge is 0.137 e. The molecule has 0 saturated carbocycles. The maximum atomic E-state index is 11.2. The fourth-order valence-corrected chi connectivity index (χ4v) is 3.24. The summed E-state index contributed by atoms with van der Waals surface area (Å²) in [5.41, 5.74) is 2.71. The number of aldehydes is 1. The van der Waals surface area contributed by atoms with Crippen LogP contribution in [0.1, 0.15) is 36.5 Å². The molecule has 2 unspecified atom stereocenters. The number of carbonyl (C=O) groups is 1. The Hall–Kier alpha value is -1.19. The van der Waals surface area contributed by atoms with E-state index in [9.17, 15) is 4.79 Å². The molecule has 1 aromatic rings. The third kappa shape index (κ3) is 2.72. The molecule has 102 valence electrons. The normalized spacial score (nSPS) is 27.8. The number of hydrogen-bond donors (Lipinski definition) is 0. The molecule has 0 radical (unpaired) electrons. The molecule has 0 N–H and O–H groups in total. The topological polar surface area (TPSA) is 29.5 Å². The van der Waals surface area contributed by atoms with Crippen molar-refractivity contribution in [2.75, 3.05) is 19.7 Å². The van der Waals surface area contributed by atoms with Gasteiger partial charge in [-0.2, -0.15) is 0 Å². The van der Waals surface area contributed by atoms with Gasteiger partial charge in [0, 0.05) is 6.54 Å². The molecule has 1 saturated heterocycles. The van der Waals surface area contributed by atoms with Gasteiger partial charge in [-0.1, -0.05) is 30.7 Å². The van der Waals surface area contributed by atoms with Gasteiger partial charge in [0.1, 0.15) is 6.29 Å². The summed E-state index contributed by atoms with van der Waals surface area (Å²) in [6.07, 6.45) is 5.60. The van der Waals surface area contributed by atoms with Gasteiger partial charge in [0.05, 0.1) is 18.8 Å². The molecule has 0 spiro atoms. The maximum Gasteiger partial charge on any atom is 0.137 e. The molecule has 0 aromatic heterocycles. The summed E-state index contributed by atoms with van der Waals surface area (Å²) in [5.74, 6) is 0. The molecule has 19 heavy (non-hydrogen) atoms. The fraction of sp³-hybridized carbons (Fsp3) is 0.562. The molecule has 2 aliphatic rings. The van der Waals surface area contributed by atoms with Crippen molar-refractivity contribution in [1.29, 1.82) is 0 Å². The molecule has 3 nitrogen and oxygen atoms in total. The van der Waals surface area contributed by atoms with Crippen LogP contribution in [0.2, 0.25) is 0 Å². The monoisotopic (exact) mass is 259 g/mol. The van der Waals surface area contributed by atoms with Crippen molar-refractivity contribution >= 4 is 6.29 Å². The average Bonchev–Trinajstić information content (AvgIpc) is 2.48. The Morgan fingerprint density at radius 1 is 1.32 bits per heavy atom. The maximum absolute atomic E-state index is 11.2. The summed E-state index contributed by atoms with van der Waals surface area (Å²) < 4.78 is 5.94. The quantitative estimate of drug-likeness (QED) is 0.780. The molecule has 3 heteroatoms. The largest absolute Gasteiger partial charge is 0.372 e. The molecular formula is C16H21NO2. The first-order valence-electron chi connectivity index (χ1n) is 7.27. The third-order valence-corrected chi connectivity index (χ3v) is 4.31. The van der Waals surface area contributed by atoms with Gasteiger partial charge in [0.25, 0.3) is 0 Å². The second kappa shape index (κ2) is 5.85. The Balaban J connectivity index is 1.75. The Kier molecular flexibility index (Phi) is 3.95. The Labute approximate surface area is 114 Å². The van der Waals surface area contributed by atoms with E-state index in [-0.39, 0.29) is 12.1 Å². The standard InChI is InChI=1S/C16H21NO2/c18-12-14-6-3-4-9-17(14)11-16-15-7-2-1-5-13(15)8-10-19-16/h1-2,5,7,12,14,16H,3-4,6,8-11H2. The van der Waals surface area contributed by atoms with Gasteiger partial charge in [-0.05, 0) is 36.9 Å². The molecule has 2 atom stereocenters. The lowest BCUT2D eigenvalue weighted by Crippen LogP contribution is -2.43. The Morgan fingerprint density at radius 3 is 3.11 bits per heavy atom. The predicted molar refractivity (Wildman–Crippen MR) is 74.1 cm³/mol. The van der Waals surface area contributed by atoms with E-state index < -0.39 is 0 Å². The van der Waals surface area contributed by atoms with Gasteiger partial charge >= 0.3 is 0 Å². The number of ether oxygens (including phenoxy) is 1. The molecule has 1 aromatic carbocycles. The zero-order valence-corrected chi connectivity index (χ0v) is 11.3. The summed E-state index contributed by atoms with van der Waals surface area (Å²) in [5, 5.41) is 0. The van der Waals surface area contributed by atoms with Gasteiger partial charge in [-0.3, -0.25) is 4.90 Å². The van der Waals surface area contributed by atoms with Gasteiger partial charge in [0.15, 0.2) is 0 Å². The Morgan fingerprint density at radius 2 is 2.21 bits per heavy atom. The van der Waals surface area contributed by atoms with Crippen molar-refractivity contribution in [2.24, 2.45) is 0 Å². The predicted octanol–water partition coefficient (Wildman–Crippen LogP) is 2.35. The van der Waals surface area contributed by atoms with E-state index in [1.807, 2.05) is 0 Å². The summed E-state index contributed by atoms with van der Waals surface area (Å²) in [7, 11) is 0. The number of likely N-dealkylation sites (tertiary alicyclic amines) is 1. The highest BCUT2D eigenvalue weighted by molar-refractivity contribution is 5.57. The van der Waals surface area contributed by atoms with E-state index in [0.29, 0.717) is 0 Å². The van der Waals surface area contributed by atoms with Gasteiger partial charge in [-0.25, -0.2) is 0 Å². The molecule has 0 bridgehead atoms. The van der Waals surface area contributed by atoms with Crippen molar-refractivity contribution in [3.05, 3.63) is 35.4 Å². The zero-order valence-electron chi connectivity index (χ0n) is 11.3. The second-order valence-corrected chi connectivity index (χ2v) is 5.50. The van der Waals surface area contributed by atoms with Crippen LogP contribution in [0, 0.1) is 0 Å². The van der Waals surface area contributed by atoms with Crippen LogP contribution in [0.15, 0.2) is 24.3 Å². The van der Waals surface area contributed by atoms with E-state index in [2.05, 4.69) is 29.2 Å². The molecular weight excluding hydrogens is 238 g/mol. The molecule has 3 rings (SSSR count). The number of piperidine rings is 1. The second-order valence-electron chi connectivity index (χ2n) is 5.50. The van der Waals surface area contributed by atoms with Gasteiger partial charge in [0.2, 0.25) is 0 Å². The van der Waals surface area contributed by atoms with Crippen LogP contribution in [0.25, 0.3) is 0 Å². The number of carbonyl (C=O) groups excluding carboxylic acids is 1. The minimum atomic E-state index is 0.0893. The van der Waals surface area contributed by atoms with Crippen molar-refractivity contribution in [2.45, 2.75) is 37.8 Å². The highest BCUT2D eigenvalue weighted by Gasteiger charge is 2.28. The Bertz CT molecular complexity index is 446. The van der Waals surface area contributed by atoms with Crippen LogP contribution in [0.3, 0.4) is 0 Å². The van der Waals surface area contributed by atoms with E-state index in [1.165, 1.54) is 24.0 Å². The van der Waals surface area contributed by atoms with Crippen LogP contribution in [-0.4, -0.2) is 36.9 Å². The summed E-state index contributed by atoms with van der Waals surface area (Å²) in [6, 6.07) is 8.62. The minimum Gasteiger partial charge on any atom is -0.372 e. The van der Waals surface area contributed by atoms with Crippen LogP contribution < -0.4 is 0 Å². The molecule has 1 fully saturated rings. The lowest BCUT2D eigenvalue weighted by Gasteiger charge is -2.36. The van der Waals surface area contributed by atoms with Crippen molar-refractivity contribution in [1.82, 2.24) is 4.90 Å². The van der Waals surface area contributed by atoms with Gasteiger partial charge < -0.3 is 9.53 Å². The van der Waals surface area contributed by atoms with Crippen LogP contribution in [-0.2, 0) is 16.0 Å². The van der Waals surface area contributed by atoms with Crippen molar-refractivity contribution in [3.63, 3.8) is 0 Å². The van der Waals surface area contributed by atoms with Crippen LogP contribution in [0.4, 0.5) is 0 Å². The van der Waals surface area contributed by atoms with E-state index in [1.54, 1.807) is 0 Å². The van der Waals surface area contributed by atoms with Crippen LogP contribution in [0.5, 0.6) is 0 Å². The first kappa shape index (κ1) is 12.8. The van der Waals surface area contributed by atoms with Crippen LogP contribution >= 0.6 is 0 Å². The first-order chi connectivity index (χ1) is 9.38. The molecule has 2 aliphatic heterocycles. The number of rotatable bonds is 3. The van der Waals surface area contributed by atoms with Crippen molar-refractivity contribution in [3.8, 4) is 0 Å².